The van der Waals surface area contributed by atoms with Gasteiger partial charge in [-0.3, -0.25) is 4.79 Å². The summed E-state index contributed by atoms with van der Waals surface area (Å²) in [6.45, 7) is 2.96. The van der Waals surface area contributed by atoms with Gasteiger partial charge >= 0.3 is 0 Å². The number of carbonyl (C=O) groups is 1. The molecule has 4 rings (SSSR count). The van der Waals surface area contributed by atoms with Gasteiger partial charge in [-0.1, -0.05) is 30.3 Å². The Morgan fingerprint density at radius 2 is 1.81 bits per heavy atom. The van der Waals surface area contributed by atoms with E-state index in [9.17, 15) is 23.4 Å². The Morgan fingerprint density at radius 3 is 2.39 bits per heavy atom. The van der Waals surface area contributed by atoms with Crippen molar-refractivity contribution >= 4 is 15.9 Å². The number of nitrogens with zero attached hydrogens (tertiary/aromatic N) is 1. The molecule has 1 saturated heterocycles. The highest BCUT2D eigenvalue weighted by atomic mass is 32.2. The van der Waals surface area contributed by atoms with Gasteiger partial charge in [0.15, 0.2) is 0 Å². The third-order valence-corrected chi connectivity index (χ3v) is 9.95. The van der Waals surface area contributed by atoms with Crippen molar-refractivity contribution in [3.63, 3.8) is 0 Å². The largest absolute Gasteiger partial charge is 0.390 e. The molecule has 1 unspecified atom stereocenters. The number of primary amides is 1. The van der Waals surface area contributed by atoms with E-state index in [2.05, 4.69) is 0 Å². The first-order chi connectivity index (χ1) is 16.8. The monoisotopic (exact) mass is 522 g/mol. The zero-order valence-electron chi connectivity index (χ0n) is 20.3. The predicted molar refractivity (Wildman–Crippen MR) is 130 cm³/mol. The van der Waals surface area contributed by atoms with Gasteiger partial charge in [0.1, 0.15) is 23.0 Å². The summed E-state index contributed by atoms with van der Waals surface area (Å²) in [5.74, 6) is -2.58. The highest BCUT2D eigenvalue weighted by Crippen LogP contribution is 2.54. The van der Waals surface area contributed by atoms with Crippen molar-refractivity contribution in [1.82, 2.24) is 4.31 Å². The molecule has 2 aromatic rings. The van der Waals surface area contributed by atoms with Crippen LogP contribution in [0, 0.1) is 11.6 Å². The van der Waals surface area contributed by atoms with Crippen LogP contribution in [0.1, 0.15) is 67.9 Å². The van der Waals surface area contributed by atoms with Crippen molar-refractivity contribution in [2.45, 2.75) is 80.9 Å². The third-order valence-electron chi connectivity index (χ3n) is 7.58. The van der Waals surface area contributed by atoms with Crippen LogP contribution >= 0.6 is 0 Å². The summed E-state index contributed by atoms with van der Waals surface area (Å²) in [6.07, 6.45) is -0.816. The number of sulfonamides is 1. The quantitative estimate of drug-likeness (QED) is 0.516. The Bertz CT molecular complexity index is 1240. The Morgan fingerprint density at radius 1 is 1.17 bits per heavy atom. The second-order valence-electron chi connectivity index (χ2n) is 10.6. The zero-order valence-corrected chi connectivity index (χ0v) is 21.1. The second kappa shape index (κ2) is 9.48. The van der Waals surface area contributed by atoms with Gasteiger partial charge < -0.3 is 15.9 Å². The molecular weight excluding hydrogens is 490 g/mol. The van der Waals surface area contributed by atoms with Crippen LogP contribution in [-0.2, 0) is 26.8 Å². The molecule has 7 nitrogen and oxygen atoms in total. The lowest BCUT2D eigenvalue weighted by Crippen LogP contribution is -2.55. The van der Waals surface area contributed by atoms with Crippen molar-refractivity contribution in [3.8, 4) is 0 Å². The molecule has 2 fully saturated rings. The standard InChI is InChI=1S/C26H32F2N2O5S/c1-16-8-9-23(17-6-4-3-5-7-17)36(34,35)30(16)13-18-10-21(28)19(11-20(18)27)26(12-22(31)24(29)32)14-25(2,33)15-26/h3-7,10-11,16,22-23,31,33H,8-9,12-15H2,1-2H3,(H2,29,32)/t16-,22?,23+,25-,26+/m0/s1. The Kier molecular flexibility index (Phi) is 7.02. The minimum absolute atomic E-state index is 0.0103. The number of rotatable bonds is 7. The van der Waals surface area contributed by atoms with Gasteiger partial charge in [0.2, 0.25) is 15.9 Å². The van der Waals surface area contributed by atoms with E-state index >= 15 is 8.78 Å². The maximum Gasteiger partial charge on any atom is 0.246 e. The van der Waals surface area contributed by atoms with Crippen LogP contribution in [0.3, 0.4) is 0 Å². The molecule has 2 aliphatic rings. The molecule has 0 aromatic heterocycles. The summed E-state index contributed by atoms with van der Waals surface area (Å²) >= 11 is 0. The van der Waals surface area contributed by atoms with Crippen LogP contribution in [0.15, 0.2) is 42.5 Å². The summed E-state index contributed by atoms with van der Waals surface area (Å²) in [5.41, 5.74) is 3.30. The highest BCUT2D eigenvalue weighted by molar-refractivity contribution is 7.89. The van der Waals surface area contributed by atoms with Gasteiger partial charge in [-0.05, 0) is 69.2 Å². The van der Waals surface area contributed by atoms with E-state index in [1.54, 1.807) is 37.3 Å². The van der Waals surface area contributed by atoms with E-state index in [1.807, 2.05) is 0 Å². The second-order valence-corrected chi connectivity index (χ2v) is 12.7. The predicted octanol–water partition coefficient (Wildman–Crippen LogP) is 3.04. The molecule has 1 amide bonds. The number of carbonyl (C=O) groups excluding carboxylic acids is 1. The first kappa shape index (κ1) is 26.7. The van der Waals surface area contributed by atoms with Gasteiger partial charge in [-0.25, -0.2) is 17.2 Å². The first-order valence-electron chi connectivity index (χ1n) is 12.0. The number of hydrogen-bond acceptors (Lipinski definition) is 5. The molecule has 0 bridgehead atoms. The lowest BCUT2D eigenvalue weighted by Gasteiger charge is -2.53. The number of aliphatic hydroxyl groups is 2. The van der Waals surface area contributed by atoms with Crippen LogP contribution in [-0.4, -0.2) is 46.6 Å². The van der Waals surface area contributed by atoms with E-state index < -0.39 is 56.0 Å². The van der Waals surface area contributed by atoms with Crippen molar-refractivity contribution in [1.29, 1.82) is 0 Å². The Labute approximate surface area is 210 Å². The molecule has 0 spiro atoms. The summed E-state index contributed by atoms with van der Waals surface area (Å²) in [6, 6.07) is 10.4. The van der Waals surface area contributed by atoms with Gasteiger partial charge in [0, 0.05) is 23.6 Å². The highest BCUT2D eigenvalue weighted by Gasteiger charge is 2.54. The molecule has 1 saturated carbocycles. The van der Waals surface area contributed by atoms with Crippen molar-refractivity contribution < 1.29 is 32.2 Å². The molecule has 36 heavy (non-hydrogen) atoms. The van der Waals surface area contributed by atoms with Gasteiger partial charge in [-0.15, -0.1) is 0 Å². The van der Waals surface area contributed by atoms with Gasteiger partial charge in [0.05, 0.1) is 5.60 Å². The van der Waals surface area contributed by atoms with E-state index in [4.69, 9.17) is 5.73 Å². The minimum atomic E-state index is -3.84. The maximum atomic E-state index is 15.4. The number of nitrogens with two attached hydrogens (primary N) is 1. The van der Waals surface area contributed by atoms with Crippen LogP contribution in [0.5, 0.6) is 0 Å². The average molecular weight is 523 g/mol. The molecule has 1 aliphatic heterocycles. The van der Waals surface area contributed by atoms with Crippen molar-refractivity contribution in [2.24, 2.45) is 5.73 Å². The number of benzene rings is 2. The van der Waals surface area contributed by atoms with Gasteiger partial charge in [0.25, 0.3) is 0 Å². The lowest BCUT2D eigenvalue weighted by atomic mass is 9.54. The number of halogens is 2. The molecular formula is C26H32F2N2O5S. The maximum absolute atomic E-state index is 15.4. The van der Waals surface area contributed by atoms with E-state index in [0.717, 1.165) is 12.1 Å². The van der Waals surface area contributed by atoms with Crippen molar-refractivity contribution in [2.75, 3.05) is 0 Å². The van der Waals surface area contributed by atoms with Gasteiger partial charge in [-0.2, -0.15) is 4.31 Å². The molecule has 1 aliphatic carbocycles. The fraction of sp³-hybridized carbons (Fsp3) is 0.500. The molecule has 0 radical (unpaired) electrons. The minimum Gasteiger partial charge on any atom is -0.390 e. The topological polar surface area (TPSA) is 121 Å². The molecule has 196 valence electrons. The SMILES string of the molecule is C[C@H]1CC[C@H](c2ccccc2)S(=O)(=O)N1Cc1cc(F)c([C@]2(CC(O)C(N)=O)C[C@](C)(O)C2)cc1F. The summed E-state index contributed by atoms with van der Waals surface area (Å²) in [7, 11) is -3.84. The Hall–Kier alpha value is -2.40. The molecule has 10 heteroatoms. The van der Waals surface area contributed by atoms with E-state index in [1.165, 1.54) is 11.2 Å². The lowest BCUT2D eigenvalue weighted by molar-refractivity contribution is -0.132. The van der Waals surface area contributed by atoms with E-state index in [-0.39, 0.29) is 36.9 Å². The summed E-state index contributed by atoms with van der Waals surface area (Å²) < 4.78 is 59.0. The smallest absolute Gasteiger partial charge is 0.246 e. The molecule has 4 N–H and O–H groups in total. The molecule has 2 aromatic carbocycles. The number of hydrogen-bond donors (Lipinski definition) is 3. The van der Waals surface area contributed by atoms with E-state index in [0.29, 0.717) is 18.4 Å². The Balaban J connectivity index is 1.65. The zero-order chi connectivity index (χ0) is 26.5. The van der Waals surface area contributed by atoms with Crippen LogP contribution in [0.25, 0.3) is 0 Å². The number of aliphatic hydroxyl groups excluding tert-OH is 1. The molecule has 3 atom stereocenters. The summed E-state index contributed by atoms with van der Waals surface area (Å²) in [5, 5.41) is 19.6. The normalized spacial score (nSPS) is 30.9. The van der Waals surface area contributed by atoms with Crippen LogP contribution in [0.2, 0.25) is 0 Å². The van der Waals surface area contributed by atoms with Crippen LogP contribution in [0.4, 0.5) is 8.78 Å². The summed E-state index contributed by atoms with van der Waals surface area (Å²) in [4.78, 5) is 11.4. The van der Waals surface area contributed by atoms with Crippen LogP contribution < -0.4 is 5.73 Å². The third kappa shape index (κ3) is 4.91. The molecule has 1 heterocycles. The van der Waals surface area contributed by atoms with Crippen molar-refractivity contribution in [3.05, 3.63) is 70.8 Å². The fourth-order valence-corrected chi connectivity index (χ4v) is 8.14. The average Bonchev–Trinajstić information content (AvgIpc) is 2.77. The number of amides is 1. The first-order valence-corrected chi connectivity index (χ1v) is 13.5. The fourth-order valence-electron chi connectivity index (χ4n) is 5.96.